The summed E-state index contributed by atoms with van der Waals surface area (Å²) in [6.07, 6.45) is -2.09. The van der Waals surface area contributed by atoms with Crippen LogP contribution >= 0.6 is 0 Å². The van der Waals surface area contributed by atoms with Crippen molar-refractivity contribution in [2.45, 2.75) is 50.6 Å². The molecule has 154 valence electrons. The van der Waals surface area contributed by atoms with Gasteiger partial charge in [-0.2, -0.15) is 13.2 Å². The van der Waals surface area contributed by atoms with E-state index in [0.29, 0.717) is 19.5 Å². The number of hydrogen-bond acceptors (Lipinski definition) is 3. The number of aromatic nitrogens is 1. The second-order valence-electron chi connectivity index (χ2n) is 8.17. The summed E-state index contributed by atoms with van der Waals surface area (Å²) in [4.78, 5) is 19.8. The van der Waals surface area contributed by atoms with Crippen LogP contribution in [-0.4, -0.2) is 53.8 Å². The van der Waals surface area contributed by atoms with E-state index in [-0.39, 0.29) is 42.3 Å². The lowest BCUT2D eigenvalue weighted by Crippen LogP contribution is -2.48. The number of anilines is 1. The van der Waals surface area contributed by atoms with E-state index >= 15 is 0 Å². The number of pyridine rings is 1. The molecule has 1 aliphatic carbocycles. The van der Waals surface area contributed by atoms with Crippen molar-refractivity contribution >= 4 is 11.8 Å². The van der Waals surface area contributed by atoms with Gasteiger partial charge in [-0.1, -0.05) is 0 Å². The van der Waals surface area contributed by atoms with Crippen LogP contribution in [0.25, 0.3) is 0 Å². The van der Waals surface area contributed by atoms with Crippen molar-refractivity contribution in [3.63, 3.8) is 0 Å². The van der Waals surface area contributed by atoms with E-state index < -0.39 is 17.9 Å². The highest BCUT2D eigenvalue weighted by molar-refractivity contribution is 5.75. The first-order valence-electron chi connectivity index (χ1n) is 9.72. The molecule has 0 bridgehead atoms. The SMILES string of the molecule is CC1C[C@@H](F)CN1C(=O)N[C@H]1CC[C@@H]2CN(c3ncccc3C(F)(F)F)C[C@@H]21. The number of nitrogens with zero attached hydrogens (tertiary/aromatic N) is 3. The fourth-order valence-electron chi connectivity index (χ4n) is 4.98. The average molecular weight is 400 g/mol. The first kappa shape index (κ1) is 19.3. The Labute approximate surface area is 161 Å². The molecule has 5 nitrogen and oxygen atoms in total. The van der Waals surface area contributed by atoms with Gasteiger partial charge in [0.05, 0.1) is 12.1 Å². The van der Waals surface area contributed by atoms with Gasteiger partial charge in [-0.05, 0) is 37.8 Å². The molecule has 1 aromatic heterocycles. The molecule has 3 fully saturated rings. The number of halogens is 4. The van der Waals surface area contributed by atoms with Gasteiger partial charge in [0.25, 0.3) is 0 Å². The van der Waals surface area contributed by atoms with Crippen LogP contribution in [0.4, 0.5) is 28.2 Å². The van der Waals surface area contributed by atoms with Crippen LogP contribution in [0.2, 0.25) is 0 Å². The monoisotopic (exact) mass is 400 g/mol. The van der Waals surface area contributed by atoms with Crippen LogP contribution in [0.5, 0.6) is 0 Å². The van der Waals surface area contributed by atoms with Crippen molar-refractivity contribution in [3.8, 4) is 0 Å². The number of nitrogens with one attached hydrogen (secondary N) is 1. The predicted octanol–water partition coefficient (Wildman–Crippen LogP) is 3.46. The molecule has 9 heteroatoms. The maximum Gasteiger partial charge on any atom is 0.419 e. The molecular weight excluding hydrogens is 376 g/mol. The summed E-state index contributed by atoms with van der Waals surface area (Å²) in [6, 6.07) is 1.83. The molecule has 2 saturated heterocycles. The van der Waals surface area contributed by atoms with E-state index in [1.807, 2.05) is 6.92 Å². The Morgan fingerprint density at radius 3 is 2.71 bits per heavy atom. The number of rotatable bonds is 2. The lowest BCUT2D eigenvalue weighted by atomic mass is 9.98. The number of urea groups is 1. The average Bonchev–Trinajstić information content (AvgIpc) is 3.29. The van der Waals surface area contributed by atoms with E-state index in [9.17, 15) is 22.4 Å². The van der Waals surface area contributed by atoms with Crippen LogP contribution in [0.15, 0.2) is 18.3 Å². The van der Waals surface area contributed by atoms with Crippen molar-refractivity contribution in [2.75, 3.05) is 24.5 Å². The summed E-state index contributed by atoms with van der Waals surface area (Å²) in [5.41, 5.74) is -0.726. The van der Waals surface area contributed by atoms with Gasteiger partial charge in [-0.3, -0.25) is 0 Å². The zero-order valence-electron chi connectivity index (χ0n) is 15.6. The van der Waals surface area contributed by atoms with Crippen LogP contribution in [0.1, 0.15) is 31.7 Å². The summed E-state index contributed by atoms with van der Waals surface area (Å²) >= 11 is 0. The fourth-order valence-corrected chi connectivity index (χ4v) is 4.98. The minimum atomic E-state index is -4.45. The number of hydrogen-bond donors (Lipinski definition) is 1. The maximum atomic E-state index is 13.6. The van der Waals surface area contributed by atoms with Gasteiger partial charge in [0.2, 0.25) is 0 Å². The first-order chi connectivity index (χ1) is 13.2. The standard InChI is InChI=1S/C19H24F4N4O/c1-11-7-13(20)9-27(11)18(28)25-16-5-4-12-8-26(10-14(12)16)17-15(19(21,22)23)3-2-6-24-17/h2-3,6,11-14,16H,4-5,7-10H2,1H3,(H,25,28)/t11?,12-,13-,14+,16+/m1/s1. The quantitative estimate of drug-likeness (QED) is 0.774. The Morgan fingerprint density at radius 1 is 1.25 bits per heavy atom. The minimum absolute atomic E-state index is 0.0390. The van der Waals surface area contributed by atoms with Crippen LogP contribution in [0.3, 0.4) is 0 Å². The van der Waals surface area contributed by atoms with Crippen LogP contribution in [0, 0.1) is 11.8 Å². The Hall–Kier alpha value is -2.06. The molecule has 0 aromatic carbocycles. The molecule has 3 aliphatic rings. The Bertz CT molecular complexity index is 743. The Morgan fingerprint density at radius 2 is 2.04 bits per heavy atom. The smallest absolute Gasteiger partial charge is 0.355 e. The van der Waals surface area contributed by atoms with Crippen molar-refractivity contribution in [3.05, 3.63) is 23.9 Å². The zero-order valence-corrected chi connectivity index (χ0v) is 15.6. The highest BCUT2D eigenvalue weighted by atomic mass is 19.4. The molecule has 4 rings (SSSR count). The summed E-state index contributed by atoms with van der Waals surface area (Å²) in [5.74, 6) is 0.257. The van der Waals surface area contributed by atoms with Crippen molar-refractivity contribution in [1.82, 2.24) is 15.2 Å². The molecule has 28 heavy (non-hydrogen) atoms. The molecule has 5 atom stereocenters. The lowest BCUT2D eigenvalue weighted by molar-refractivity contribution is -0.137. The van der Waals surface area contributed by atoms with E-state index in [4.69, 9.17) is 0 Å². The molecule has 1 aromatic rings. The Kier molecular flexibility index (Phi) is 4.87. The molecule has 2 aliphatic heterocycles. The van der Waals surface area contributed by atoms with Gasteiger partial charge in [0, 0.05) is 43.7 Å². The number of alkyl halides is 4. The van der Waals surface area contributed by atoms with E-state index in [2.05, 4.69) is 10.3 Å². The van der Waals surface area contributed by atoms with Gasteiger partial charge in [-0.25, -0.2) is 14.2 Å². The van der Waals surface area contributed by atoms with Gasteiger partial charge in [0.15, 0.2) is 0 Å². The molecular formula is C19H24F4N4O. The topological polar surface area (TPSA) is 48.5 Å². The number of carbonyl (C=O) groups is 1. The second-order valence-corrected chi connectivity index (χ2v) is 8.17. The number of likely N-dealkylation sites (tertiary alicyclic amines) is 1. The highest BCUT2D eigenvalue weighted by Gasteiger charge is 2.46. The van der Waals surface area contributed by atoms with Crippen LogP contribution in [-0.2, 0) is 6.18 Å². The fraction of sp³-hybridized carbons (Fsp3) is 0.684. The van der Waals surface area contributed by atoms with Crippen molar-refractivity contribution in [1.29, 1.82) is 0 Å². The molecule has 1 N–H and O–H groups in total. The third-order valence-electron chi connectivity index (χ3n) is 6.34. The third-order valence-corrected chi connectivity index (χ3v) is 6.34. The third kappa shape index (κ3) is 3.51. The molecule has 2 amide bonds. The van der Waals surface area contributed by atoms with Gasteiger partial charge >= 0.3 is 12.2 Å². The van der Waals surface area contributed by atoms with Gasteiger partial charge in [-0.15, -0.1) is 0 Å². The number of carbonyl (C=O) groups excluding carboxylic acids is 1. The summed E-state index contributed by atoms with van der Waals surface area (Å²) in [6.45, 7) is 2.86. The van der Waals surface area contributed by atoms with E-state index in [1.54, 1.807) is 4.90 Å². The molecule has 1 unspecified atom stereocenters. The van der Waals surface area contributed by atoms with Crippen molar-refractivity contribution < 1.29 is 22.4 Å². The van der Waals surface area contributed by atoms with Crippen LogP contribution < -0.4 is 10.2 Å². The number of fused-ring (bicyclic) bond motifs is 1. The molecule has 3 heterocycles. The van der Waals surface area contributed by atoms with Gasteiger partial charge < -0.3 is 15.1 Å². The predicted molar refractivity (Wildman–Crippen MR) is 95.7 cm³/mol. The van der Waals surface area contributed by atoms with Crippen molar-refractivity contribution in [2.24, 2.45) is 11.8 Å². The summed E-state index contributed by atoms with van der Waals surface area (Å²) < 4.78 is 53.5. The highest BCUT2D eigenvalue weighted by Crippen LogP contribution is 2.43. The molecule has 0 spiro atoms. The maximum absolute atomic E-state index is 13.6. The van der Waals surface area contributed by atoms with E-state index in [1.165, 1.54) is 17.2 Å². The molecule has 0 radical (unpaired) electrons. The number of amides is 2. The van der Waals surface area contributed by atoms with Gasteiger partial charge in [0.1, 0.15) is 12.0 Å². The van der Waals surface area contributed by atoms with E-state index in [0.717, 1.165) is 18.9 Å². The zero-order chi connectivity index (χ0) is 20.1. The summed E-state index contributed by atoms with van der Waals surface area (Å²) in [5, 5.41) is 3.01. The first-order valence-corrected chi connectivity index (χ1v) is 9.72. The largest absolute Gasteiger partial charge is 0.419 e. The minimum Gasteiger partial charge on any atom is -0.355 e. The summed E-state index contributed by atoms with van der Waals surface area (Å²) in [7, 11) is 0. The molecule has 1 saturated carbocycles. The normalized spacial score (nSPS) is 32.7. The Balaban J connectivity index is 1.45. The lowest BCUT2D eigenvalue weighted by Gasteiger charge is -2.27. The second kappa shape index (κ2) is 7.08.